The Morgan fingerprint density at radius 1 is 0.460 bits per heavy atom. The fourth-order valence-electron chi connectivity index (χ4n) is 9.78. The average molecular weight is 1340 g/mol. The Morgan fingerprint density at radius 3 is 1.15 bits per heavy atom. The SMILES string of the molecule is CC(C)C[C@H](NC(=O)[C@H](CC(C)C)NC(=O)[C@H](CCCCN)NC(=O)[C@H](CC(C)C)NC(=O)[C@@H](N)Cc1ccccc1)C(=O)N[C@@H](CCCCN)C(=O)N[C@@H](CCCCN)C(=O)N[C@@H](Cc1ccccc1)CN(CC(N)=O)S(=O)(=O)c1ccc(I)cc1. The molecular weight excluding hydrogens is 1250 g/mol. The van der Waals surface area contributed by atoms with Gasteiger partial charge in [-0.05, 0) is 185 Å². The van der Waals surface area contributed by atoms with E-state index in [0.29, 0.717) is 45.1 Å². The normalized spacial score (nSPS) is 14.4. The number of nitrogens with one attached hydrogen (secondary N) is 7. The van der Waals surface area contributed by atoms with E-state index in [2.05, 4.69) is 37.2 Å². The minimum atomic E-state index is -4.33. The molecule has 0 saturated heterocycles. The first-order chi connectivity index (χ1) is 41.3. The number of primary amides is 1. The molecule has 0 aliphatic rings. The Morgan fingerprint density at radius 2 is 0.793 bits per heavy atom. The molecule has 0 aliphatic carbocycles. The highest BCUT2D eigenvalue weighted by Crippen LogP contribution is 2.20. The van der Waals surface area contributed by atoms with Gasteiger partial charge >= 0.3 is 0 Å². The van der Waals surface area contributed by atoms with Crippen molar-refractivity contribution in [2.24, 2.45) is 46.4 Å². The van der Waals surface area contributed by atoms with Crippen molar-refractivity contribution in [1.29, 1.82) is 0 Å². The summed E-state index contributed by atoms with van der Waals surface area (Å²) in [5.74, 6) is -5.83. The maximum Gasteiger partial charge on any atom is 0.243 e. The lowest BCUT2D eigenvalue weighted by Crippen LogP contribution is -2.60. The third-order valence-electron chi connectivity index (χ3n) is 14.3. The molecule has 0 bridgehead atoms. The van der Waals surface area contributed by atoms with Crippen LogP contribution in [0.15, 0.2) is 89.8 Å². The highest BCUT2D eigenvalue weighted by atomic mass is 127. The van der Waals surface area contributed by atoms with Gasteiger partial charge in [-0.3, -0.25) is 38.4 Å². The Hall–Kier alpha value is -6.10. The first-order valence-electron chi connectivity index (χ1n) is 30.4. The number of sulfonamides is 1. The molecule has 3 rings (SSSR count). The average Bonchev–Trinajstić information content (AvgIpc) is 1.91. The van der Waals surface area contributed by atoms with E-state index in [1.807, 2.05) is 94.5 Å². The van der Waals surface area contributed by atoms with E-state index in [1.165, 1.54) is 12.1 Å². The summed E-state index contributed by atoms with van der Waals surface area (Å²) in [5.41, 5.74) is 31.1. The number of benzene rings is 3. The number of halogens is 1. The number of nitrogens with zero attached hydrogens (tertiary/aromatic N) is 1. The molecule has 8 atom stereocenters. The van der Waals surface area contributed by atoms with Crippen molar-refractivity contribution in [2.45, 2.75) is 185 Å². The molecule has 484 valence electrons. The number of hydrogen-bond donors (Lipinski definition) is 12. The summed E-state index contributed by atoms with van der Waals surface area (Å²) in [6.07, 6.45) is 3.96. The zero-order valence-electron chi connectivity index (χ0n) is 51.6. The molecule has 8 amide bonds. The molecule has 0 saturated carbocycles. The van der Waals surface area contributed by atoms with Crippen LogP contribution in [0.5, 0.6) is 0 Å². The number of carbonyl (C=O) groups excluding carboxylic acids is 8. The van der Waals surface area contributed by atoms with E-state index in [4.69, 9.17) is 28.7 Å². The summed E-state index contributed by atoms with van der Waals surface area (Å²) in [7, 11) is -4.33. The van der Waals surface area contributed by atoms with Gasteiger partial charge in [0, 0.05) is 16.2 Å². The van der Waals surface area contributed by atoms with Gasteiger partial charge in [0.05, 0.1) is 17.5 Å². The molecule has 17 N–H and O–H groups in total. The number of hydrogen-bond acceptors (Lipinski definition) is 14. The molecule has 3 aromatic carbocycles. The van der Waals surface area contributed by atoms with E-state index < -0.39 is 112 Å². The lowest BCUT2D eigenvalue weighted by atomic mass is 9.98. The number of rotatable bonds is 42. The molecule has 0 unspecified atom stereocenters. The number of nitrogens with two attached hydrogens (primary N) is 5. The van der Waals surface area contributed by atoms with Crippen LogP contribution >= 0.6 is 22.6 Å². The van der Waals surface area contributed by atoms with Crippen LogP contribution in [0.1, 0.15) is 130 Å². The van der Waals surface area contributed by atoms with Crippen LogP contribution in [0.4, 0.5) is 0 Å². The van der Waals surface area contributed by atoms with Gasteiger partial charge in [0.1, 0.15) is 36.3 Å². The zero-order chi connectivity index (χ0) is 64.6. The monoisotopic (exact) mass is 1340 g/mol. The maximum atomic E-state index is 14.6. The molecule has 0 aliphatic heterocycles. The predicted octanol–water partition coefficient (Wildman–Crippen LogP) is 2.50. The standard InChI is InChI=1S/C62H98IN13O10S/c1-40(2)33-52(73-56(78)48(67)37-44-21-11-8-12-22-44)60(82)72-51(25-15-18-32-66)59(81)74-54(35-42(5)6)62(84)75-53(34-41(3)4)61(83)71-50(24-14-17-31-65)58(80)70-49(23-13-16-30-64)57(79)69-46(36-43-19-9-7-10-20-43)38-76(39-55(68)77)87(85,86)47-28-26-45(63)27-29-47/h7-12,19-22,26-29,40-42,46,48-54H,13-18,23-25,30-39,64-67H2,1-6H3,(H2,68,77)(H,69,79)(H,70,80)(H,71,83)(H,72,82)(H,73,78)(H,74,81)(H,75,84)/t46-,48-,49-,50-,51-,52-,53-,54-/m0/s1. The topological polar surface area (TPSA) is 388 Å². The van der Waals surface area contributed by atoms with Crippen LogP contribution in [0.3, 0.4) is 0 Å². The van der Waals surface area contributed by atoms with Crippen LogP contribution in [0.2, 0.25) is 0 Å². The molecule has 87 heavy (non-hydrogen) atoms. The van der Waals surface area contributed by atoms with Crippen LogP contribution in [-0.4, -0.2) is 141 Å². The molecular formula is C62H98IN13O10S. The van der Waals surface area contributed by atoms with E-state index >= 15 is 0 Å². The lowest BCUT2D eigenvalue weighted by Gasteiger charge is -2.30. The van der Waals surface area contributed by atoms with Crippen molar-refractivity contribution in [3.63, 3.8) is 0 Å². The lowest BCUT2D eigenvalue weighted by molar-refractivity contribution is -0.136. The summed E-state index contributed by atoms with van der Waals surface area (Å²) >= 11 is 2.04. The molecule has 23 nitrogen and oxygen atoms in total. The minimum absolute atomic E-state index is 0.0404. The number of unbranched alkanes of at least 4 members (excludes halogenated alkanes) is 3. The molecule has 0 heterocycles. The van der Waals surface area contributed by atoms with Gasteiger partial charge in [-0.25, -0.2) is 8.42 Å². The van der Waals surface area contributed by atoms with Crippen molar-refractivity contribution < 1.29 is 46.8 Å². The highest BCUT2D eigenvalue weighted by molar-refractivity contribution is 14.1. The van der Waals surface area contributed by atoms with Gasteiger partial charge in [0.25, 0.3) is 0 Å². The van der Waals surface area contributed by atoms with Crippen LogP contribution < -0.4 is 65.9 Å². The van der Waals surface area contributed by atoms with Crippen molar-refractivity contribution in [1.82, 2.24) is 41.5 Å². The molecule has 0 fully saturated rings. The van der Waals surface area contributed by atoms with E-state index in [9.17, 15) is 46.8 Å². The van der Waals surface area contributed by atoms with Gasteiger partial charge in [-0.15, -0.1) is 0 Å². The second-order valence-corrected chi connectivity index (χ2v) is 26.7. The van der Waals surface area contributed by atoms with Crippen LogP contribution in [0.25, 0.3) is 0 Å². The first-order valence-corrected chi connectivity index (χ1v) is 32.9. The molecule has 0 radical (unpaired) electrons. The maximum absolute atomic E-state index is 14.6. The summed E-state index contributed by atoms with van der Waals surface area (Å²) in [4.78, 5) is 113. The van der Waals surface area contributed by atoms with Crippen molar-refractivity contribution >= 4 is 79.9 Å². The van der Waals surface area contributed by atoms with Gasteiger partial charge in [-0.1, -0.05) is 102 Å². The fourth-order valence-corrected chi connectivity index (χ4v) is 11.6. The van der Waals surface area contributed by atoms with Gasteiger partial charge in [0.15, 0.2) is 0 Å². The molecule has 3 aromatic rings. The Kier molecular flexibility index (Phi) is 34.3. The second kappa shape index (κ2) is 39.7. The summed E-state index contributed by atoms with van der Waals surface area (Å²) in [6.45, 7) is 11.1. The zero-order valence-corrected chi connectivity index (χ0v) is 54.5. The number of amides is 8. The first kappa shape index (κ1) is 75.2. The largest absolute Gasteiger partial charge is 0.369 e. The third-order valence-corrected chi connectivity index (χ3v) is 16.8. The van der Waals surface area contributed by atoms with E-state index in [0.717, 1.165) is 19.0 Å². The smallest absolute Gasteiger partial charge is 0.243 e. The Bertz CT molecular complexity index is 2730. The highest BCUT2D eigenvalue weighted by Gasteiger charge is 2.36. The summed E-state index contributed by atoms with van der Waals surface area (Å²) in [5, 5.41) is 19.9. The van der Waals surface area contributed by atoms with Crippen molar-refractivity contribution in [2.75, 3.05) is 32.7 Å². The van der Waals surface area contributed by atoms with E-state index in [1.54, 1.807) is 42.5 Å². The van der Waals surface area contributed by atoms with Crippen molar-refractivity contribution in [3.05, 3.63) is 99.6 Å². The predicted molar refractivity (Wildman–Crippen MR) is 346 cm³/mol. The molecule has 25 heteroatoms. The van der Waals surface area contributed by atoms with Gasteiger partial charge < -0.3 is 65.9 Å². The molecule has 0 spiro atoms. The third kappa shape index (κ3) is 28.3. The number of carbonyl (C=O) groups is 8. The fraction of sp³-hybridized carbons (Fsp3) is 0.581. The Balaban J connectivity index is 1.93. The Labute approximate surface area is 528 Å². The second-order valence-electron chi connectivity index (χ2n) is 23.5. The van der Waals surface area contributed by atoms with Crippen LogP contribution in [0, 0.1) is 21.3 Å². The summed E-state index contributed by atoms with van der Waals surface area (Å²) in [6, 6.07) is 15.3. The van der Waals surface area contributed by atoms with Gasteiger partial charge in [0.2, 0.25) is 57.3 Å². The van der Waals surface area contributed by atoms with Crippen molar-refractivity contribution in [3.8, 4) is 0 Å². The van der Waals surface area contributed by atoms with E-state index in [-0.39, 0.29) is 93.7 Å². The summed E-state index contributed by atoms with van der Waals surface area (Å²) < 4.78 is 29.9. The van der Waals surface area contributed by atoms with Crippen LogP contribution in [-0.2, 0) is 61.2 Å². The minimum Gasteiger partial charge on any atom is -0.369 e. The molecule has 0 aromatic heterocycles. The van der Waals surface area contributed by atoms with Gasteiger partial charge in [-0.2, -0.15) is 4.31 Å². The quantitative estimate of drug-likeness (QED) is 0.0287.